The van der Waals surface area contributed by atoms with Crippen LogP contribution in [0.2, 0.25) is 0 Å². The van der Waals surface area contributed by atoms with Gasteiger partial charge in [0, 0.05) is 50.3 Å². The molecule has 4 rings (SSSR count). The monoisotopic (exact) mass is 571 g/mol. The third-order valence-electron chi connectivity index (χ3n) is 6.96. The Morgan fingerprint density at radius 1 is 0.857 bits per heavy atom. The van der Waals surface area contributed by atoms with Crippen molar-refractivity contribution in [3.05, 3.63) is 125 Å². The maximum absolute atomic E-state index is 13.9. The Hall–Kier alpha value is -4.43. The van der Waals surface area contributed by atoms with Crippen molar-refractivity contribution < 1.29 is 23.5 Å². The average Bonchev–Trinajstić information content (AvgIpc) is 3.45. The van der Waals surface area contributed by atoms with Crippen molar-refractivity contribution in [2.45, 2.75) is 33.0 Å². The molecule has 0 atom stereocenters. The van der Waals surface area contributed by atoms with E-state index in [0.29, 0.717) is 51.4 Å². The standard InChI is InChI=1S/C34H38FN3O4/c1-3-42-21-9-20-37(34(40)29-15-17-30(35)18-16-29)26-33(39)38(23-27-10-5-4-6-11-27)25-31-13-8-19-36(31)24-28-12-7-14-32(22-28)41-2/h4-8,10-19,22H,3,9,20-21,23-26H2,1-2H3. The lowest BCUT2D eigenvalue weighted by molar-refractivity contribution is -0.133. The summed E-state index contributed by atoms with van der Waals surface area (Å²) in [7, 11) is 1.65. The van der Waals surface area contributed by atoms with Crippen molar-refractivity contribution in [3.8, 4) is 5.75 Å². The van der Waals surface area contributed by atoms with E-state index < -0.39 is 5.82 Å². The molecule has 0 aliphatic rings. The Bertz CT molecular complexity index is 1420. The molecule has 0 aliphatic carbocycles. The third kappa shape index (κ3) is 8.78. The Morgan fingerprint density at radius 3 is 2.36 bits per heavy atom. The predicted octanol–water partition coefficient (Wildman–Crippen LogP) is 5.78. The highest BCUT2D eigenvalue weighted by molar-refractivity contribution is 5.96. The molecule has 0 N–H and O–H groups in total. The molecule has 1 aromatic heterocycles. The minimum Gasteiger partial charge on any atom is -0.497 e. The van der Waals surface area contributed by atoms with E-state index in [-0.39, 0.29) is 18.4 Å². The highest BCUT2D eigenvalue weighted by Crippen LogP contribution is 2.18. The number of hydrogen-bond acceptors (Lipinski definition) is 4. The first kappa shape index (κ1) is 30.5. The van der Waals surface area contributed by atoms with Crippen LogP contribution in [-0.2, 0) is 29.2 Å². The minimum atomic E-state index is -0.420. The summed E-state index contributed by atoms with van der Waals surface area (Å²) in [4.78, 5) is 30.7. The number of ether oxygens (including phenoxy) is 2. The van der Waals surface area contributed by atoms with Gasteiger partial charge in [0.2, 0.25) is 5.91 Å². The molecule has 3 aromatic carbocycles. The van der Waals surface area contributed by atoms with Crippen LogP contribution in [0.4, 0.5) is 4.39 Å². The summed E-state index contributed by atoms with van der Waals surface area (Å²) in [5.41, 5.74) is 3.37. The largest absolute Gasteiger partial charge is 0.497 e. The van der Waals surface area contributed by atoms with E-state index in [2.05, 4.69) is 4.57 Å². The molecule has 0 spiro atoms. The van der Waals surface area contributed by atoms with E-state index in [4.69, 9.17) is 9.47 Å². The number of carbonyl (C=O) groups excluding carboxylic acids is 2. The molecule has 0 unspecified atom stereocenters. The number of nitrogens with zero attached hydrogens (tertiary/aromatic N) is 3. The Kier molecular flexibility index (Phi) is 11.3. The number of hydrogen-bond donors (Lipinski definition) is 0. The van der Waals surface area contributed by atoms with Crippen LogP contribution >= 0.6 is 0 Å². The highest BCUT2D eigenvalue weighted by Gasteiger charge is 2.23. The molecule has 8 heteroatoms. The van der Waals surface area contributed by atoms with Gasteiger partial charge >= 0.3 is 0 Å². The molecular weight excluding hydrogens is 533 g/mol. The van der Waals surface area contributed by atoms with Crippen molar-refractivity contribution in [1.29, 1.82) is 0 Å². The topological polar surface area (TPSA) is 64.0 Å². The Labute approximate surface area is 247 Å². The number of amides is 2. The highest BCUT2D eigenvalue weighted by atomic mass is 19.1. The average molecular weight is 572 g/mol. The summed E-state index contributed by atoms with van der Waals surface area (Å²) < 4.78 is 26.5. The van der Waals surface area contributed by atoms with Crippen LogP contribution in [0, 0.1) is 5.82 Å². The van der Waals surface area contributed by atoms with E-state index in [1.165, 1.54) is 29.2 Å². The van der Waals surface area contributed by atoms with Crippen LogP contribution in [0.5, 0.6) is 5.75 Å². The minimum absolute atomic E-state index is 0.105. The Morgan fingerprint density at radius 2 is 1.62 bits per heavy atom. The van der Waals surface area contributed by atoms with Gasteiger partial charge in [-0.3, -0.25) is 9.59 Å². The van der Waals surface area contributed by atoms with E-state index in [0.717, 1.165) is 22.6 Å². The fourth-order valence-corrected chi connectivity index (χ4v) is 4.74. The van der Waals surface area contributed by atoms with Crippen molar-refractivity contribution >= 4 is 11.8 Å². The maximum atomic E-state index is 13.9. The van der Waals surface area contributed by atoms with Gasteiger partial charge in [-0.25, -0.2) is 4.39 Å². The van der Waals surface area contributed by atoms with Crippen LogP contribution in [-0.4, -0.2) is 59.6 Å². The number of benzene rings is 3. The second-order valence-corrected chi connectivity index (χ2v) is 10.00. The summed E-state index contributed by atoms with van der Waals surface area (Å²) in [5, 5.41) is 0. The van der Waals surface area contributed by atoms with E-state index >= 15 is 0 Å². The van der Waals surface area contributed by atoms with E-state index in [1.807, 2.05) is 79.9 Å². The fraction of sp³-hybridized carbons (Fsp3) is 0.294. The number of rotatable bonds is 15. The van der Waals surface area contributed by atoms with Crippen LogP contribution in [0.25, 0.3) is 0 Å². The molecule has 2 amide bonds. The van der Waals surface area contributed by atoms with Gasteiger partial charge < -0.3 is 23.8 Å². The maximum Gasteiger partial charge on any atom is 0.254 e. The molecule has 0 aliphatic heterocycles. The zero-order valence-electron chi connectivity index (χ0n) is 24.2. The first-order valence-corrected chi connectivity index (χ1v) is 14.2. The molecular formula is C34H38FN3O4. The summed E-state index contributed by atoms with van der Waals surface area (Å²) in [6.07, 6.45) is 2.58. The van der Waals surface area contributed by atoms with Gasteiger partial charge in [0.25, 0.3) is 5.91 Å². The molecule has 0 radical (unpaired) electrons. The van der Waals surface area contributed by atoms with Gasteiger partial charge in [-0.1, -0.05) is 42.5 Å². The van der Waals surface area contributed by atoms with E-state index in [9.17, 15) is 14.0 Å². The molecule has 220 valence electrons. The lowest BCUT2D eigenvalue weighted by atomic mass is 10.1. The summed E-state index contributed by atoms with van der Waals surface area (Å²) in [5.74, 6) is -0.130. The van der Waals surface area contributed by atoms with Crippen LogP contribution in [0.3, 0.4) is 0 Å². The predicted molar refractivity (Wildman–Crippen MR) is 161 cm³/mol. The fourth-order valence-electron chi connectivity index (χ4n) is 4.74. The molecule has 0 bridgehead atoms. The molecule has 0 saturated heterocycles. The van der Waals surface area contributed by atoms with Crippen molar-refractivity contribution in [2.75, 3.05) is 33.4 Å². The van der Waals surface area contributed by atoms with E-state index in [1.54, 1.807) is 12.0 Å². The number of methoxy groups -OCH3 is 1. The molecule has 4 aromatic rings. The van der Waals surface area contributed by atoms with Gasteiger partial charge in [-0.15, -0.1) is 0 Å². The quantitative estimate of drug-likeness (QED) is 0.170. The second-order valence-electron chi connectivity index (χ2n) is 10.00. The van der Waals surface area contributed by atoms with Crippen LogP contribution < -0.4 is 4.74 Å². The van der Waals surface area contributed by atoms with Crippen molar-refractivity contribution in [3.63, 3.8) is 0 Å². The first-order chi connectivity index (χ1) is 20.5. The van der Waals surface area contributed by atoms with Crippen molar-refractivity contribution in [2.24, 2.45) is 0 Å². The lowest BCUT2D eigenvalue weighted by Gasteiger charge is -2.28. The Balaban J connectivity index is 1.55. The normalized spacial score (nSPS) is 10.8. The van der Waals surface area contributed by atoms with Gasteiger partial charge in [0.15, 0.2) is 0 Å². The smallest absolute Gasteiger partial charge is 0.254 e. The molecule has 42 heavy (non-hydrogen) atoms. The van der Waals surface area contributed by atoms with Crippen molar-refractivity contribution in [1.82, 2.24) is 14.4 Å². The molecule has 7 nitrogen and oxygen atoms in total. The van der Waals surface area contributed by atoms with Gasteiger partial charge in [0.05, 0.1) is 13.7 Å². The van der Waals surface area contributed by atoms with Gasteiger partial charge in [-0.2, -0.15) is 0 Å². The summed E-state index contributed by atoms with van der Waals surface area (Å²) in [6.45, 7) is 4.58. The molecule has 0 fully saturated rings. The molecule has 1 heterocycles. The number of halogens is 1. The second kappa shape index (κ2) is 15.5. The number of aromatic nitrogens is 1. The van der Waals surface area contributed by atoms with Crippen LogP contribution in [0.15, 0.2) is 97.2 Å². The van der Waals surface area contributed by atoms with Gasteiger partial charge in [0.1, 0.15) is 18.1 Å². The first-order valence-electron chi connectivity index (χ1n) is 14.2. The van der Waals surface area contributed by atoms with Crippen LogP contribution in [0.1, 0.15) is 40.5 Å². The third-order valence-corrected chi connectivity index (χ3v) is 6.96. The SMILES string of the molecule is CCOCCCN(CC(=O)N(Cc1ccccc1)Cc1cccn1Cc1cccc(OC)c1)C(=O)c1ccc(F)cc1. The van der Waals surface area contributed by atoms with Gasteiger partial charge in [-0.05, 0) is 73.0 Å². The lowest BCUT2D eigenvalue weighted by Crippen LogP contribution is -2.43. The number of carbonyl (C=O) groups is 2. The summed E-state index contributed by atoms with van der Waals surface area (Å²) >= 11 is 0. The zero-order valence-corrected chi connectivity index (χ0v) is 24.2. The molecule has 0 saturated carbocycles. The summed E-state index contributed by atoms with van der Waals surface area (Å²) in [6, 6.07) is 27.1. The zero-order chi connectivity index (χ0) is 29.7.